The fourth-order valence-electron chi connectivity index (χ4n) is 5.31. The molecule has 1 aromatic heterocycles. The molecule has 5 heteroatoms. The highest BCUT2D eigenvalue weighted by molar-refractivity contribution is 5.77. The Labute approximate surface area is 202 Å². The van der Waals surface area contributed by atoms with Crippen molar-refractivity contribution in [3.05, 3.63) is 101 Å². The molecule has 1 unspecified atom stereocenters. The summed E-state index contributed by atoms with van der Waals surface area (Å²) < 4.78 is 2.21. The summed E-state index contributed by atoms with van der Waals surface area (Å²) in [5, 5.41) is 11.0. The van der Waals surface area contributed by atoms with Crippen LogP contribution in [0.2, 0.25) is 0 Å². The average Bonchev–Trinajstić information content (AvgIpc) is 3.20. The predicted molar refractivity (Wildman–Crippen MR) is 138 cm³/mol. The van der Waals surface area contributed by atoms with E-state index in [9.17, 15) is 5.11 Å². The number of imidazole rings is 1. The lowest BCUT2D eigenvalue weighted by Gasteiger charge is -2.40. The number of rotatable bonds is 7. The number of piperazine rings is 1. The maximum atomic E-state index is 11.0. The van der Waals surface area contributed by atoms with E-state index < -0.39 is 6.10 Å². The highest BCUT2D eigenvalue weighted by Gasteiger charge is 2.27. The van der Waals surface area contributed by atoms with Crippen molar-refractivity contribution in [2.75, 3.05) is 32.7 Å². The van der Waals surface area contributed by atoms with Crippen molar-refractivity contribution in [3.63, 3.8) is 0 Å². The van der Waals surface area contributed by atoms with E-state index >= 15 is 0 Å². The molecule has 4 aromatic rings. The highest BCUT2D eigenvalue weighted by atomic mass is 16.3. The molecule has 34 heavy (non-hydrogen) atoms. The Balaban J connectivity index is 1.26. The van der Waals surface area contributed by atoms with Gasteiger partial charge in [0.1, 0.15) is 5.82 Å². The number of benzene rings is 3. The molecule has 0 aliphatic carbocycles. The summed E-state index contributed by atoms with van der Waals surface area (Å²) in [6.45, 7) is 9.56. The van der Waals surface area contributed by atoms with Crippen molar-refractivity contribution in [1.29, 1.82) is 0 Å². The average molecular weight is 455 g/mol. The number of aliphatic hydroxyl groups excluding tert-OH is 1. The van der Waals surface area contributed by atoms with E-state index in [0.717, 1.165) is 55.1 Å². The lowest BCUT2D eigenvalue weighted by Crippen LogP contribution is -2.48. The van der Waals surface area contributed by atoms with Gasteiger partial charge in [0.25, 0.3) is 0 Å². The first-order chi connectivity index (χ1) is 16.6. The van der Waals surface area contributed by atoms with Gasteiger partial charge in [0.05, 0.1) is 23.2 Å². The summed E-state index contributed by atoms with van der Waals surface area (Å²) in [6.07, 6.45) is -0.512. The van der Waals surface area contributed by atoms with Crippen LogP contribution in [0.5, 0.6) is 0 Å². The predicted octanol–water partition coefficient (Wildman–Crippen LogP) is 4.81. The van der Waals surface area contributed by atoms with E-state index in [1.54, 1.807) is 0 Å². The second-order valence-electron chi connectivity index (χ2n) is 9.23. The van der Waals surface area contributed by atoms with Crippen LogP contribution in [0.15, 0.2) is 78.9 Å². The zero-order valence-corrected chi connectivity index (χ0v) is 20.1. The van der Waals surface area contributed by atoms with E-state index in [1.165, 1.54) is 11.1 Å². The van der Waals surface area contributed by atoms with Gasteiger partial charge in [-0.1, -0.05) is 66.7 Å². The second-order valence-corrected chi connectivity index (χ2v) is 9.23. The zero-order chi connectivity index (χ0) is 23.5. The van der Waals surface area contributed by atoms with Crippen molar-refractivity contribution in [2.24, 2.45) is 0 Å². The van der Waals surface area contributed by atoms with Crippen LogP contribution in [-0.2, 0) is 6.54 Å². The molecule has 2 heterocycles. The van der Waals surface area contributed by atoms with Gasteiger partial charge in [-0.05, 0) is 42.7 Å². The fourth-order valence-corrected chi connectivity index (χ4v) is 5.31. The Morgan fingerprint density at radius 2 is 1.44 bits per heavy atom. The summed E-state index contributed by atoms with van der Waals surface area (Å²) in [6, 6.07) is 28.0. The van der Waals surface area contributed by atoms with Crippen molar-refractivity contribution < 1.29 is 5.11 Å². The Morgan fingerprint density at radius 1 is 0.824 bits per heavy atom. The minimum Gasteiger partial charge on any atom is -0.387 e. The first kappa shape index (κ1) is 22.8. The van der Waals surface area contributed by atoms with Gasteiger partial charge in [-0.15, -0.1) is 0 Å². The lowest BCUT2D eigenvalue weighted by atomic mass is 9.96. The molecule has 0 bridgehead atoms. The molecule has 0 amide bonds. The second kappa shape index (κ2) is 10.1. The van der Waals surface area contributed by atoms with Crippen LogP contribution in [0.3, 0.4) is 0 Å². The molecule has 5 nitrogen and oxygen atoms in total. The number of nitrogens with zero attached hydrogens (tertiary/aromatic N) is 4. The number of hydrogen-bond acceptors (Lipinski definition) is 4. The van der Waals surface area contributed by atoms with E-state index in [4.69, 9.17) is 4.98 Å². The van der Waals surface area contributed by atoms with E-state index in [1.807, 2.05) is 6.92 Å². The summed E-state index contributed by atoms with van der Waals surface area (Å²) in [4.78, 5) is 9.64. The van der Waals surface area contributed by atoms with Crippen LogP contribution in [0.25, 0.3) is 11.0 Å². The van der Waals surface area contributed by atoms with Crippen LogP contribution < -0.4 is 0 Å². The molecule has 5 rings (SSSR count). The molecular formula is C29H34N4O. The highest BCUT2D eigenvalue weighted by Crippen LogP contribution is 2.30. The molecule has 3 aromatic carbocycles. The monoisotopic (exact) mass is 454 g/mol. The van der Waals surface area contributed by atoms with Crippen molar-refractivity contribution >= 4 is 11.0 Å². The maximum absolute atomic E-state index is 11.0. The molecule has 0 radical (unpaired) electrons. The topological polar surface area (TPSA) is 44.5 Å². The number of fused-ring (bicyclic) bond motifs is 1. The number of aliphatic hydroxyl groups is 1. The van der Waals surface area contributed by atoms with Crippen LogP contribution in [0, 0.1) is 6.92 Å². The van der Waals surface area contributed by atoms with Gasteiger partial charge in [0, 0.05) is 39.3 Å². The standard InChI is InChI=1S/C29H34N4O/c1-3-33-22(2)30-26-20-25(14-15-27(26)33)28(34)21-31-16-18-32(19-17-31)29(23-10-6-4-7-11-23)24-12-8-5-9-13-24/h4-15,20,28-29,34H,3,16-19,21H2,1-2H3. The minimum atomic E-state index is -0.512. The van der Waals surface area contributed by atoms with Gasteiger partial charge in [0.2, 0.25) is 0 Å². The molecular weight excluding hydrogens is 420 g/mol. The molecule has 1 aliphatic heterocycles. The number of aryl methyl sites for hydroxylation is 2. The number of aromatic nitrogens is 2. The third-order valence-corrected chi connectivity index (χ3v) is 7.10. The summed E-state index contributed by atoms with van der Waals surface area (Å²) in [5.41, 5.74) is 5.71. The Morgan fingerprint density at radius 3 is 2.03 bits per heavy atom. The van der Waals surface area contributed by atoms with E-state index in [2.05, 4.69) is 100 Å². The van der Waals surface area contributed by atoms with Crippen LogP contribution >= 0.6 is 0 Å². The minimum absolute atomic E-state index is 0.258. The third-order valence-electron chi connectivity index (χ3n) is 7.10. The number of hydrogen-bond donors (Lipinski definition) is 1. The largest absolute Gasteiger partial charge is 0.387 e. The van der Waals surface area contributed by atoms with Gasteiger partial charge in [-0.25, -0.2) is 4.98 Å². The maximum Gasteiger partial charge on any atom is 0.106 e. The molecule has 176 valence electrons. The van der Waals surface area contributed by atoms with E-state index in [-0.39, 0.29) is 6.04 Å². The molecule has 1 atom stereocenters. The zero-order valence-electron chi connectivity index (χ0n) is 20.1. The van der Waals surface area contributed by atoms with Gasteiger partial charge < -0.3 is 9.67 Å². The normalized spacial score (nSPS) is 16.4. The molecule has 0 spiro atoms. The SMILES string of the molecule is CCn1c(C)nc2cc(C(O)CN3CCN(C(c4ccccc4)c4ccccc4)CC3)ccc21. The van der Waals surface area contributed by atoms with Crippen molar-refractivity contribution in [1.82, 2.24) is 19.4 Å². The van der Waals surface area contributed by atoms with Crippen LogP contribution in [-0.4, -0.2) is 57.2 Å². The summed E-state index contributed by atoms with van der Waals surface area (Å²) in [7, 11) is 0. The Hall–Kier alpha value is -2.99. The summed E-state index contributed by atoms with van der Waals surface area (Å²) >= 11 is 0. The van der Waals surface area contributed by atoms with E-state index in [0.29, 0.717) is 6.54 Å². The van der Waals surface area contributed by atoms with Crippen molar-refractivity contribution in [3.8, 4) is 0 Å². The molecule has 1 aliphatic rings. The molecule has 0 saturated carbocycles. The first-order valence-electron chi connectivity index (χ1n) is 12.3. The van der Waals surface area contributed by atoms with Gasteiger partial charge >= 0.3 is 0 Å². The van der Waals surface area contributed by atoms with Crippen LogP contribution in [0.4, 0.5) is 0 Å². The molecule has 1 fully saturated rings. The lowest BCUT2D eigenvalue weighted by molar-refractivity contribution is 0.0623. The van der Waals surface area contributed by atoms with Gasteiger partial charge in [0.15, 0.2) is 0 Å². The fraction of sp³-hybridized carbons (Fsp3) is 0.345. The molecule has 1 saturated heterocycles. The Kier molecular flexibility index (Phi) is 6.77. The summed E-state index contributed by atoms with van der Waals surface area (Å²) in [5.74, 6) is 1.02. The van der Waals surface area contributed by atoms with Crippen LogP contribution in [0.1, 0.15) is 41.6 Å². The van der Waals surface area contributed by atoms with Gasteiger partial charge in [-0.2, -0.15) is 0 Å². The quantitative estimate of drug-likeness (QED) is 0.435. The van der Waals surface area contributed by atoms with Crippen molar-refractivity contribution in [2.45, 2.75) is 32.5 Å². The Bertz CT molecular complexity index is 1170. The first-order valence-corrected chi connectivity index (χ1v) is 12.3. The molecule has 1 N–H and O–H groups in total. The number of β-amino-alcohol motifs (C(OH)–C–C–N with tert-alkyl or cyclic N) is 1. The van der Waals surface area contributed by atoms with Gasteiger partial charge in [-0.3, -0.25) is 9.80 Å². The smallest absolute Gasteiger partial charge is 0.106 e. The third kappa shape index (κ3) is 4.64.